The van der Waals surface area contributed by atoms with Crippen LogP contribution in [0.3, 0.4) is 0 Å². The molecule has 1 aliphatic rings. The largest absolute Gasteiger partial charge is 0.493 e. The lowest BCUT2D eigenvalue weighted by molar-refractivity contribution is -0.0541. The Kier molecular flexibility index (Phi) is 8.60. The first kappa shape index (κ1) is 25.0. The minimum Gasteiger partial charge on any atom is -0.493 e. The Morgan fingerprint density at radius 1 is 0.914 bits per heavy atom. The molecule has 0 unspecified atom stereocenters. The van der Waals surface area contributed by atoms with Gasteiger partial charge in [0.1, 0.15) is 37.2 Å². The Morgan fingerprint density at radius 2 is 1.71 bits per heavy atom. The molecule has 2 aromatic carbocycles. The summed E-state index contributed by atoms with van der Waals surface area (Å²) in [6.45, 7) is 6.65. The van der Waals surface area contributed by atoms with Crippen molar-refractivity contribution in [3.63, 3.8) is 0 Å². The van der Waals surface area contributed by atoms with E-state index < -0.39 is 0 Å². The fourth-order valence-electron chi connectivity index (χ4n) is 4.43. The third-order valence-corrected chi connectivity index (χ3v) is 6.65. The van der Waals surface area contributed by atoms with E-state index >= 15 is 0 Å². The second kappa shape index (κ2) is 12.0. The highest BCUT2D eigenvalue weighted by molar-refractivity contribution is 5.43. The third kappa shape index (κ3) is 6.96. The van der Waals surface area contributed by atoms with Crippen molar-refractivity contribution in [1.29, 1.82) is 0 Å². The van der Waals surface area contributed by atoms with E-state index in [9.17, 15) is 0 Å². The Balaban J connectivity index is 1.33. The first-order valence-corrected chi connectivity index (χ1v) is 12.2. The van der Waals surface area contributed by atoms with Crippen molar-refractivity contribution in [3.05, 3.63) is 66.2 Å². The summed E-state index contributed by atoms with van der Waals surface area (Å²) in [5.74, 6) is 2.38. The monoisotopic (exact) mass is 480 g/mol. The Bertz CT molecular complexity index is 1040. The molecule has 1 aromatic heterocycles. The van der Waals surface area contributed by atoms with Gasteiger partial charge in [-0.05, 0) is 62.6 Å². The second-order valence-corrected chi connectivity index (χ2v) is 9.15. The normalized spacial score (nSPS) is 18.7. The van der Waals surface area contributed by atoms with E-state index in [1.54, 1.807) is 26.9 Å². The number of hydrogen-bond acceptors (Lipinski definition) is 7. The van der Waals surface area contributed by atoms with Gasteiger partial charge < -0.3 is 23.5 Å². The van der Waals surface area contributed by atoms with E-state index in [1.165, 1.54) is 11.1 Å². The molecule has 3 aromatic rings. The number of benzene rings is 2. The van der Waals surface area contributed by atoms with Gasteiger partial charge in [0.15, 0.2) is 11.5 Å². The van der Waals surface area contributed by atoms with Gasteiger partial charge in [-0.1, -0.05) is 23.8 Å². The number of aromatic nitrogens is 3. The van der Waals surface area contributed by atoms with Gasteiger partial charge in [-0.2, -0.15) is 0 Å². The molecule has 8 heteroatoms. The molecule has 35 heavy (non-hydrogen) atoms. The van der Waals surface area contributed by atoms with Crippen LogP contribution < -0.4 is 14.2 Å². The van der Waals surface area contributed by atoms with E-state index in [1.807, 2.05) is 22.8 Å². The average molecular weight is 481 g/mol. The number of likely N-dealkylation sites (tertiary alicyclic amines) is 1. The van der Waals surface area contributed by atoms with Crippen LogP contribution in [0.4, 0.5) is 0 Å². The summed E-state index contributed by atoms with van der Waals surface area (Å²) in [7, 11) is 3.47. The summed E-state index contributed by atoms with van der Waals surface area (Å²) >= 11 is 0. The molecule has 4 rings (SSSR count). The van der Waals surface area contributed by atoms with Crippen molar-refractivity contribution >= 4 is 0 Å². The number of methoxy groups -OCH3 is 2. The van der Waals surface area contributed by atoms with E-state index in [0.29, 0.717) is 19.8 Å². The van der Waals surface area contributed by atoms with E-state index in [4.69, 9.17) is 18.9 Å². The van der Waals surface area contributed by atoms with Gasteiger partial charge in [0.2, 0.25) is 0 Å². The van der Waals surface area contributed by atoms with Crippen molar-refractivity contribution in [2.45, 2.75) is 44.9 Å². The second-order valence-electron chi connectivity index (χ2n) is 9.15. The van der Waals surface area contributed by atoms with Crippen molar-refractivity contribution in [2.24, 2.45) is 0 Å². The SMILES string of the molecule is COc1ccc(CN2CCC[C@@](COc3ccc(C)cc3)(OC)CC2)cc1OCCn1cnnc1. The van der Waals surface area contributed by atoms with Crippen LogP contribution in [0.5, 0.6) is 17.2 Å². The summed E-state index contributed by atoms with van der Waals surface area (Å²) in [6, 6.07) is 14.4. The zero-order valence-electron chi connectivity index (χ0n) is 21.0. The van der Waals surface area contributed by atoms with Crippen LogP contribution in [-0.2, 0) is 17.8 Å². The van der Waals surface area contributed by atoms with Crippen molar-refractivity contribution in [3.8, 4) is 17.2 Å². The topological polar surface area (TPSA) is 70.9 Å². The van der Waals surface area contributed by atoms with Gasteiger partial charge in [0.25, 0.3) is 0 Å². The predicted molar refractivity (Wildman–Crippen MR) is 134 cm³/mol. The van der Waals surface area contributed by atoms with Crippen LogP contribution in [-0.4, -0.2) is 65.8 Å². The van der Waals surface area contributed by atoms with Crippen molar-refractivity contribution in [1.82, 2.24) is 19.7 Å². The first-order valence-electron chi connectivity index (χ1n) is 12.2. The molecular weight excluding hydrogens is 444 g/mol. The summed E-state index contributed by atoms with van der Waals surface area (Å²) in [4.78, 5) is 2.48. The van der Waals surface area contributed by atoms with Crippen LogP contribution in [0, 0.1) is 6.92 Å². The van der Waals surface area contributed by atoms with E-state index in [0.717, 1.165) is 56.1 Å². The highest BCUT2D eigenvalue weighted by Crippen LogP contribution is 2.31. The molecule has 0 aliphatic carbocycles. The number of aryl methyl sites for hydroxylation is 1. The Hall–Kier alpha value is -3.10. The highest BCUT2D eigenvalue weighted by Gasteiger charge is 2.33. The number of ether oxygens (including phenoxy) is 4. The van der Waals surface area contributed by atoms with Crippen LogP contribution in [0.15, 0.2) is 55.1 Å². The first-order chi connectivity index (χ1) is 17.1. The molecule has 1 saturated heterocycles. The van der Waals surface area contributed by atoms with Crippen molar-refractivity contribution in [2.75, 3.05) is 40.5 Å². The molecule has 188 valence electrons. The maximum absolute atomic E-state index is 6.13. The summed E-state index contributed by atoms with van der Waals surface area (Å²) in [5.41, 5.74) is 2.16. The number of hydrogen-bond donors (Lipinski definition) is 0. The van der Waals surface area contributed by atoms with E-state index in [-0.39, 0.29) is 5.60 Å². The molecule has 0 radical (unpaired) electrons. The van der Waals surface area contributed by atoms with Crippen LogP contribution >= 0.6 is 0 Å². The highest BCUT2D eigenvalue weighted by atomic mass is 16.5. The number of nitrogens with zero attached hydrogens (tertiary/aromatic N) is 4. The molecule has 2 heterocycles. The average Bonchev–Trinajstić information content (AvgIpc) is 3.32. The molecule has 1 aliphatic heterocycles. The summed E-state index contributed by atoms with van der Waals surface area (Å²) in [5, 5.41) is 7.65. The molecule has 0 amide bonds. The van der Waals surface area contributed by atoms with Gasteiger partial charge >= 0.3 is 0 Å². The molecule has 0 N–H and O–H groups in total. The lowest BCUT2D eigenvalue weighted by Crippen LogP contribution is -2.39. The van der Waals surface area contributed by atoms with Gasteiger partial charge in [-0.15, -0.1) is 10.2 Å². The standard InChI is InChI=1S/C27H36N4O4/c1-22-5-8-24(9-6-22)35-19-27(33-3)11-4-13-30(14-12-27)18-23-7-10-25(32-2)26(17-23)34-16-15-31-20-28-29-21-31/h5-10,17,20-21H,4,11-16,18-19H2,1-3H3/t27-/m1/s1. The maximum Gasteiger partial charge on any atom is 0.161 e. The maximum atomic E-state index is 6.13. The fraction of sp³-hybridized carbons (Fsp3) is 0.481. The fourth-order valence-corrected chi connectivity index (χ4v) is 4.43. The van der Waals surface area contributed by atoms with Gasteiger partial charge in [0.05, 0.1) is 13.7 Å². The predicted octanol–water partition coefficient (Wildman–Crippen LogP) is 4.12. The van der Waals surface area contributed by atoms with Gasteiger partial charge in [-0.25, -0.2) is 0 Å². The molecule has 8 nitrogen and oxygen atoms in total. The minimum absolute atomic E-state index is 0.268. The molecular formula is C27H36N4O4. The van der Waals surface area contributed by atoms with Gasteiger partial charge in [0, 0.05) is 20.2 Å². The Labute approximate surface area is 207 Å². The lowest BCUT2D eigenvalue weighted by Gasteiger charge is -2.31. The molecule has 0 spiro atoms. The van der Waals surface area contributed by atoms with E-state index in [2.05, 4.69) is 46.3 Å². The lowest BCUT2D eigenvalue weighted by atomic mass is 9.95. The summed E-state index contributed by atoms with van der Waals surface area (Å²) in [6.07, 6.45) is 6.33. The quantitative estimate of drug-likeness (QED) is 0.409. The van der Waals surface area contributed by atoms with Crippen LogP contribution in [0.2, 0.25) is 0 Å². The molecule has 0 saturated carbocycles. The van der Waals surface area contributed by atoms with Crippen LogP contribution in [0.1, 0.15) is 30.4 Å². The zero-order valence-corrected chi connectivity index (χ0v) is 21.0. The smallest absolute Gasteiger partial charge is 0.161 e. The molecule has 0 bridgehead atoms. The Morgan fingerprint density at radius 3 is 2.46 bits per heavy atom. The van der Waals surface area contributed by atoms with Crippen LogP contribution in [0.25, 0.3) is 0 Å². The molecule has 1 atom stereocenters. The summed E-state index contributed by atoms with van der Waals surface area (Å²) < 4.78 is 25.6. The van der Waals surface area contributed by atoms with Crippen molar-refractivity contribution < 1.29 is 18.9 Å². The third-order valence-electron chi connectivity index (χ3n) is 6.65. The molecule has 1 fully saturated rings. The number of rotatable bonds is 11. The van der Waals surface area contributed by atoms with Gasteiger partial charge in [-0.3, -0.25) is 4.90 Å². The zero-order chi connectivity index (χ0) is 24.5. The minimum atomic E-state index is -0.268.